The van der Waals surface area contributed by atoms with E-state index in [1.54, 1.807) is 0 Å². The summed E-state index contributed by atoms with van der Waals surface area (Å²) in [5.41, 5.74) is 1.01. The van der Waals surface area contributed by atoms with E-state index in [1.807, 2.05) is 0 Å². The molecule has 22 heavy (non-hydrogen) atoms. The van der Waals surface area contributed by atoms with Crippen molar-refractivity contribution in [1.82, 2.24) is 0 Å². The summed E-state index contributed by atoms with van der Waals surface area (Å²) < 4.78 is 0. The minimum absolute atomic E-state index is 0.0193. The first-order valence-electron chi connectivity index (χ1n) is 9.62. The predicted molar refractivity (Wildman–Crippen MR) is 94.9 cm³/mol. The van der Waals surface area contributed by atoms with Gasteiger partial charge in [0.05, 0.1) is 6.10 Å². The molecule has 8 atom stereocenters. The Labute approximate surface area is 141 Å². The summed E-state index contributed by atoms with van der Waals surface area (Å²) in [6.45, 7) is 5.13. The number of aliphatic hydroxyl groups is 1. The molecule has 0 spiro atoms. The third-order valence-corrected chi connectivity index (χ3v) is 9.20. The van der Waals surface area contributed by atoms with Crippen molar-refractivity contribution in [3.63, 3.8) is 0 Å². The van der Waals surface area contributed by atoms with Gasteiger partial charge < -0.3 is 5.11 Å². The van der Waals surface area contributed by atoms with E-state index in [1.165, 1.54) is 44.9 Å². The molecule has 1 N–H and O–H groups in total. The molecule has 0 aromatic carbocycles. The summed E-state index contributed by atoms with van der Waals surface area (Å²) in [4.78, 5) is 0. The lowest BCUT2D eigenvalue weighted by Gasteiger charge is -2.60. The Morgan fingerprint density at radius 3 is 2.41 bits per heavy atom. The SMILES string of the molecule is C[C@]12CCC(O)C[C@@H]1CC[C@@H]1[C@@H]2CC[C@]2(C)[C@@H](C=S)CC[C@@H]12. The van der Waals surface area contributed by atoms with Crippen LogP contribution in [0.5, 0.6) is 0 Å². The second kappa shape index (κ2) is 5.28. The van der Waals surface area contributed by atoms with Gasteiger partial charge in [0.2, 0.25) is 0 Å². The lowest BCUT2D eigenvalue weighted by Crippen LogP contribution is -2.53. The van der Waals surface area contributed by atoms with Crippen molar-refractivity contribution in [2.45, 2.75) is 77.7 Å². The van der Waals surface area contributed by atoms with E-state index in [-0.39, 0.29) is 6.10 Å². The summed E-state index contributed by atoms with van der Waals surface area (Å²) in [5, 5.41) is 12.2. The van der Waals surface area contributed by atoms with Gasteiger partial charge in [0.1, 0.15) is 0 Å². The zero-order chi connectivity index (χ0) is 15.5. The normalized spacial score (nSPS) is 57.6. The molecule has 2 heteroatoms. The highest BCUT2D eigenvalue weighted by atomic mass is 32.1. The molecule has 0 saturated heterocycles. The molecule has 0 bridgehead atoms. The Morgan fingerprint density at radius 1 is 0.909 bits per heavy atom. The van der Waals surface area contributed by atoms with Gasteiger partial charge in [-0.2, -0.15) is 0 Å². The average Bonchev–Trinajstić information content (AvgIpc) is 2.84. The fourth-order valence-electron chi connectivity index (χ4n) is 7.50. The number of thiocarbonyl (C=S) groups is 1. The molecule has 0 heterocycles. The minimum atomic E-state index is -0.0193. The maximum absolute atomic E-state index is 10.1. The van der Waals surface area contributed by atoms with Crippen molar-refractivity contribution in [1.29, 1.82) is 0 Å². The van der Waals surface area contributed by atoms with Gasteiger partial charge in [-0.3, -0.25) is 0 Å². The highest BCUT2D eigenvalue weighted by molar-refractivity contribution is 7.79. The smallest absolute Gasteiger partial charge is 0.0543 e. The fourth-order valence-corrected chi connectivity index (χ4v) is 7.95. The summed E-state index contributed by atoms with van der Waals surface area (Å²) in [5.74, 6) is 4.24. The maximum atomic E-state index is 10.1. The highest BCUT2D eigenvalue weighted by Crippen LogP contribution is 2.67. The molecule has 0 amide bonds. The van der Waals surface area contributed by atoms with Crippen LogP contribution in [0, 0.1) is 40.4 Å². The Balaban J connectivity index is 1.62. The van der Waals surface area contributed by atoms with Crippen molar-refractivity contribution < 1.29 is 5.11 Å². The van der Waals surface area contributed by atoms with Crippen molar-refractivity contribution in [3.8, 4) is 0 Å². The minimum Gasteiger partial charge on any atom is -0.393 e. The summed E-state index contributed by atoms with van der Waals surface area (Å²) in [6, 6.07) is 0. The van der Waals surface area contributed by atoms with Gasteiger partial charge in [0.15, 0.2) is 0 Å². The quantitative estimate of drug-likeness (QED) is 0.686. The van der Waals surface area contributed by atoms with Crippen LogP contribution in [0.3, 0.4) is 0 Å². The van der Waals surface area contributed by atoms with Gasteiger partial charge in [0, 0.05) is 0 Å². The van der Waals surface area contributed by atoms with Crippen LogP contribution in [0.4, 0.5) is 0 Å². The zero-order valence-corrected chi connectivity index (χ0v) is 15.1. The Hall–Kier alpha value is 0.0500. The molecule has 0 aromatic heterocycles. The molecule has 4 fully saturated rings. The Kier molecular flexibility index (Phi) is 3.73. The topological polar surface area (TPSA) is 20.2 Å². The van der Waals surface area contributed by atoms with Crippen molar-refractivity contribution in [3.05, 3.63) is 0 Å². The first-order valence-corrected chi connectivity index (χ1v) is 10.1. The number of hydrogen-bond acceptors (Lipinski definition) is 2. The first-order chi connectivity index (χ1) is 10.5. The van der Waals surface area contributed by atoms with Gasteiger partial charge in [-0.25, -0.2) is 0 Å². The number of hydrogen-bond donors (Lipinski definition) is 1. The predicted octanol–water partition coefficient (Wildman–Crippen LogP) is 5.01. The highest BCUT2D eigenvalue weighted by Gasteiger charge is 2.59. The van der Waals surface area contributed by atoms with Crippen LogP contribution >= 0.6 is 12.2 Å². The molecule has 4 rings (SSSR count). The Morgan fingerprint density at radius 2 is 1.64 bits per heavy atom. The third kappa shape index (κ3) is 2.02. The molecule has 124 valence electrons. The summed E-state index contributed by atoms with van der Waals surface area (Å²) in [7, 11) is 0. The standard InChI is InChI=1S/C20H32OS/c1-19-9-7-15(21)11-13(19)3-5-16-17-6-4-14(12-22)20(17,2)10-8-18(16)19/h12-18,21H,3-11H2,1-2H3/t13-,14+,15?,16-,17-,18-,19-,20+/m0/s1. The third-order valence-electron chi connectivity index (χ3n) is 8.88. The zero-order valence-electron chi connectivity index (χ0n) is 14.3. The molecular formula is C20H32OS. The van der Waals surface area contributed by atoms with Gasteiger partial charge in [-0.05, 0) is 104 Å². The summed E-state index contributed by atoms with van der Waals surface area (Å²) in [6.07, 6.45) is 11.7. The first kappa shape index (κ1) is 15.6. The molecule has 4 aliphatic carbocycles. The van der Waals surface area contributed by atoms with E-state index in [9.17, 15) is 5.11 Å². The van der Waals surface area contributed by atoms with Gasteiger partial charge in [-0.15, -0.1) is 0 Å². The Bertz CT molecular complexity index is 463. The van der Waals surface area contributed by atoms with Crippen LogP contribution in [-0.4, -0.2) is 16.6 Å². The van der Waals surface area contributed by atoms with Crippen LogP contribution in [-0.2, 0) is 0 Å². The molecule has 0 aromatic rings. The average molecular weight is 321 g/mol. The monoisotopic (exact) mass is 320 g/mol. The lowest BCUT2D eigenvalue weighted by molar-refractivity contribution is -0.123. The van der Waals surface area contributed by atoms with Crippen molar-refractivity contribution >= 4 is 17.6 Å². The molecule has 4 aliphatic rings. The number of aliphatic hydroxyl groups excluding tert-OH is 1. The van der Waals surface area contributed by atoms with Crippen molar-refractivity contribution in [2.75, 3.05) is 0 Å². The van der Waals surface area contributed by atoms with E-state index in [2.05, 4.69) is 19.2 Å². The molecule has 1 unspecified atom stereocenters. The molecule has 0 radical (unpaired) electrons. The van der Waals surface area contributed by atoms with Gasteiger partial charge >= 0.3 is 0 Å². The summed E-state index contributed by atoms with van der Waals surface area (Å²) >= 11 is 5.37. The maximum Gasteiger partial charge on any atom is 0.0543 e. The van der Waals surface area contributed by atoms with E-state index < -0.39 is 0 Å². The van der Waals surface area contributed by atoms with Crippen LogP contribution in [0.15, 0.2) is 0 Å². The molecule has 1 nitrogen and oxygen atoms in total. The van der Waals surface area contributed by atoms with E-state index in [4.69, 9.17) is 12.2 Å². The molecule has 0 aliphatic heterocycles. The van der Waals surface area contributed by atoms with Crippen LogP contribution in [0.1, 0.15) is 71.6 Å². The van der Waals surface area contributed by atoms with Crippen LogP contribution < -0.4 is 0 Å². The van der Waals surface area contributed by atoms with E-state index in [0.717, 1.165) is 36.5 Å². The van der Waals surface area contributed by atoms with Gasteiger partial charge in [-0.1, -0.05) is 26.1 Å². The van der Waals surface area contributed by atoms with Crippen LogP contribution in [0.25, 0.3) is 0 Å². The largest absolute Gasteiger partial charge is 0.393 e. The van der Waals surface area contributed by atoms with E-state index in [0.29, 0.717) is 16.7 Å². The second-order valence-corrected chi connectivity index (χ2v) is 9.72. The van der Waals surface area contributed by atoms with Crippen molar-refractivity contribution in [2.24, 2.45) is 40.4 Å². The lowest BCUT2D eigenvalue weighted by atomic mass is 9.45. The fraction of sp³-hybridized carbons (Fsp3) is 0.950. The number of rotatable bonds is 1. The van der Waals surface area contributed by atoms with E-state index >= 15 is 0 Å². The second-order valence-electron chi connectivity index (χ2n) is 9.45. The van der Waals surface area contributed by atoms with Gasteiger partial charge in [0.25, 0.3) is 0 Å². The van der Waals surface area contributed by atoms with Crippen LogP contribution in [0.2, 0.25) is 0 Å². The molecule has 4 saturated carbocycles. The molecular weight excluding hydrogens is 288 g/mol. The number of fused-ring (bicyclic) bond motifs is 5.